The standard InChI is InChI=1S/C22H20N4O5/c1-3-4-9-31-20-18(26(28)29)11-14(12-19(20)30-2)10-15(13-23)21-24-17-8-6-5-7-16(17)22(27)25-21/h5-8,10-12H,3-4,9H2,1-2H3,(H,24,25,27)/b15-10-. The molecule has 3 aromatic rings. The van der Waals surface area contributed by atoms with Crippen molar-refractivity contribution in [2.75, 3.05) is 13.7 Å². The first-order valence-electron chi connectivity index (χ1n) is 9.59. The second kappa shape index (κ2) is 9.54. The molecule has 31 heavy (non-hydrogen) atoms. The van der Waals surface area contributed by atoms with Gasteiger partial charge in [-0.1, -0.05) is 25.5 Å². The molecule has 1 N–H and O–H groups in total. The number of ether oxygens (including phenoxy) is 2. The normalized spacial score (nSPS) is 11.2. The molecule has 1 heterocycles. The molecule has 0 unspecified atom stereocenters. The number of aromatic amines is 1. The van der Waals surface area contributed by atoms with Crippen molar-refractivity contribution < 1.29 is 14.4 Å². The molecule has 0 radical (unpaired) electrons. The highest BCUT2D eigenvalue weighted by Gasteiger charge is 2.22. The van der Waals surface area contributed by atoms with Crippen LogP contribution in [0, 0.1) is 21.4 Å². The largest absolute Gasteiger partial charge is 0.493 e. The number of H-pyrrole nitrogens is 1. The number of benzene rings is 2. The fraction of sp³-hybridized carbons (Fsp3) is 0.227. The molecule has 0 aliphatic rings. The summed E-state index contributed by atoms with van der Waals surface area (Å²) >= 11 is 0. The van der Waals surface area contributed by atoms with Gasteiger partial charge in [0.25, 0.3) is 5.56 Å². The number of nitriles is 1. The summed E-state index contributed by atoms with van der Waals surface area (Å²) in [5, 5.41) is 21.6. The van der Waals surface area contributed by atoms with Crippen molar-refractivity contribution in [2.24, 2.45) is 0 Å². The van der Waals surface area contributed by atoms with Crippen LogP contribution in [0.4, 0.5) is 5.69 Å². The maximum atomic E-state index is 12.3. The van der Waals surface area contributed by atoms with Gasteiger partial charge in [0.15, 0.2) is 11.6 Å². The van der Waals surface area contributed by atoms with Crippen LogP contribution in [0.3, 0.4) is 0 Å². The number of hydrogen-bond acceptors (Lipinski definition) is 7. The lowest BCUT2D eigenvalue weighted by Crippen LogP contribution is -2.11. The second-order valence-corrected chi connectivity index (χ2v) is 6.63. The average molecular weight is 420 g/mol. The monoisotopic (exact) mass is 420 g/mol. The fourth-order valence-corrected chi connectivity index (χ4v) is 2.98. The van der Waals surface area contributed by atoms with Gasteiger partial charge >= 0.3 is 5.69 Å². The molecule has 0 aliphatic carbocycles. The Morgan fingerprint density at radius 1 is 1.35 bits per heavy atom. The van der Waals surface area contributed by atoms with Crippen LogP contribution >= 0.6 is 0 Å². The molecule has 0 aliphatic heterocycles. The number of nitrogens with one attached hydrogen (secondary N) is 1. The van der Waals surface area contributed by atoms with Gasteiger partial charge in [-0.3, -0.25) is 14.9 Å². The van der Waals surface area contributed by atoms with E-state index in [4.69, 9.17) is 9.47 Å². The maximum Gasteiger partial charge on any atom is 0.315 e. The molecule has 158 valence electrons. The Bertz CT molecular complexity index is 1260. The molecule has 0 saturated carbocycles. The summed E-state index contributed by atoms with van der Waals surface area (Å²) in [5.74, 6) is 0.277. The summed E-state index contributed by atoms with van der Waals surface area (Å²) < 4.78 is 10.9. The van der Waals surface area contributed by atoms with Gasteiger partial charge in [-0.15, -0.1) is 0 Å². The molecule has 3 rings (SSSR count). The number of nitro benzene ring substituents is 1. The minimum atomic E-state index is -0.566. The van der Waals surface area contributed by atoms with Crippen LogP contribution < -0.4 is 15.0 Å². The van der Waals surface area contributed by atoms with E-state index in [9.17, 15) is 20.2 Å². The van der Waals surface area contributed by atoms with Crippen LogP contribution in [-0.4, -0.2) is 28.6 Å². The molecule has 0 atom stereocenters. The number of para-hydroxylation sites is 1. The lowest BCUT2D eigenvalue weighted by molar-refractivity contribution is -0.386. The van der Waals surface area contributed by atoms with Gasteiger partial charge in [0.1, 0.15) is 6.07 Å². The highest BCUT2D eigenvalue weighted by atomic mass is 16.6. The van der Waals surface area contributed by atoms with Gasteiger partial charge in [0, 0.05) is 6.07 Å². The van der Waals surface area contributed by atoms with E-state index in [1.54, 1.807) is 24.3 Å². The van der Waals surface area contributed by atoms with E-state index in [1.165, 1.54) is 25.3 Å². The summed E-state index contributed by atoms with van der Waals surface area (Å²) in [5.41, 5.74) is 0.146. The molecule has 0 amide bonds. The van der Waals surface area contributed by atoms with Crippen LogP contribution in [0.25, 0.3) is 22.6 Å². The van der Waals surface area contributed by atoms with E-state index < -0.39 is 4.92 Å². The Morgan fingerprint density at radius 3 is 2.81 bits per heavy atom. The Hall–Kier alpha value is -4.19. The van der Waals surface area contributed by atoms with Gasteiger partial charge in [-0.05, 0) is 36.3 Å². The zero-order chi connectivity index (χ0) is 22.4. The Kier molecular flexibility index (Phi) is 6.62. The zero-order valence-electron chi connectivity index (χ0n) is 17.0. The Morgan fingerprint density at radius 2 is 2.13 bits per heavy atom. The van der Waals surface area contributed by atoms with E-state index in [-0.39, 0.29) is 34.1 Å². The SMILES string of the molecule is CCCCOc1c(OC)cc(/C=C(/C#N)c2nc3ccccc3c(=O)[nH]2)cc1[N+](=O)[O-]. The first kappa shape index (κ1) is 21.5. The molecule has 2 aromatic carbocycles. The first-order chi connectivity index (χ1) is 15.0. The fourth-order valence-electron chi connectivity index (χ4n) is 2.98. The molecule has 0 fully saturated rings. The van der Waals surface area contributed by atoms with Crippen molar-refractivity contribution in [3.63, 3.8) is 0 Å². The zero-order valence-corrected chi connectivity index (χ0v) is 17.0. The maximum absolute atomic E-state index is 12.3. The quantitative estimate of drug-likeness (QED) is 0.251. The van der Waals surface area contributed by atoms with Crippen molar-refractivity contribution >= 4 is 28.2 Å². The topological polar surface area (TPSA) is 131 Å². The molecule has 9 heteroatoms. The summed E-state index contributed by atoms with van der Waals surface area (Å²) in [6.45, 7) is 2.30. The number of methoxy groups -OCH3 is 1. The molecular weight excluding hydrogens is 400 g/mol. The van der Waals surface area contributed by atoms with Crippen molar-refractivity contribution in [2.45, 2.75) is 19.8 Å². The van der Waals surface area contributed by atoms with Crippen LogP contribution in [-0.2, 0) is 0 Å². The minimum absolute atomic E-state index is 0.0360. The van der Waals surface area contributed by atoms with Crippen LogP contribution in [0.2, 0.25) is 0 Å². The predicted octanol–water partition coefficient (Wildman–Crippen LogP) is 4.08. The van der Waals surface area contributed by atoms with Crippen molar-refractivity contribution in [3.8, 4) is 17.6 Å². The lowest BCUT2D eigenvalue weighted by Gasteiger charge is -2.12. The highest BCUT2D eigenvalue weighted by molar-refractivity contribution is 5.89. The van der Waals surface area contributed by atoms with E-state index >= 15 is 0 Å². The summed E-state index contributed by atoms with van der Waals surface area (Å²) in [6.07, 6.45) is 3.01. The van der Waals surface area contributed by atoms with Gasteiger partial charge < -0.3 is 14.5 Å². The van der Waals surface area contributed by atoms with Gasteiger partial charge in [0.2, 0.25) is 5.75 Å². The number of hydrogen-bond donors (Lipinski definition) is 1. The number of nitro groups is 1. The number of rotatable bonds is 8. The highest BCUT2D eigenvalue weighted by Crippen LogP contribution is 2.39. The molecule has 1 aromatic heterocycles. The third kappa shape index (κ3) is 4.70. The third-order valence-corrected chi connectivity index (χ3v) is 4.52. The number of aromatic nitrogens is 2. The number of fused-ring (bicyclic) bond motifs is 1. The van der Waals surface area contributed by atoms with Gasteiger partial charge in [0.05, 0.1) is 35.1 Å². The van der Waals surface area contributed by atoms with Crippen LogP contribution in [0.1, 0.15) is 31.2 Å². The molecule has 0 spiro atoms. The minimum Gasteiger partial charge on any atom is -0.493 e. The summed E-state index contributed by atoms with van der Waals surface area (Å²) in [4.78, 5) is 30.3. The van der Waals surface area contributed by atoms with E-state index in [2.05, 4.69) is 9.97 Å². The number of allylic oxidation sites excluding steroid dienone is 1. The van der Waals surface area contributed by atoms with E-state index in [1.807, 2.05) is 13.0 Å². The molecular formula is C22H20N4O5. The van der Waals surface area contributed by atoms with Crippen molar-refractivity contribution in [1.82, 2.24) is 9.97 Å². The van der Waals surface area contributed by atoms with Crippen molar-refractivity contribution in [1.29, 1.82) is 5.26 Å². The molecule has 0 bridgehead atoms. The first-order valence-corrected chi connectivity index (χ1v) is 9.59. The van der Waals surface area contributed by atoms with Gasteiger partial charge in [-0.25, -0.2) is 4.98 Å². The Balaban J connectivity index is 2.10. The molecule has 9 nitrogen and oxygen atoms in total. The van der Waals surface area contributed by atoms with Crippen LogP contribution in [0.15, 0.2) is 41.2 Å². The number of unbranched alkanes of at least 4 members (excludes halogenated alkanes) is 1. The number of nitrogens with zero attached hydrogens (tertiary/aromatic N) is 3. The Labute approximate surface area is 177 Å². The lowest BCUT2D eigenvalue weighted by atomic mass is 10.1. The van der Waals surface area contributed by atoms with Gasteiger partial charge in [-0.2, -0.15) is 5.26 Å². The smallest absolute Gasteiger partial charge is 0.315 e. The average Bonchev–Trinajstić information content (AvgIpc) is 2.77. The van der Waals surface area contributed by atoms with Crippen molar-refractivity contribution in [3.05, 3.63) is 68.3 Å². The summed E-state index contributed by atoms with van der Waals surface area (Å²) in [6, 6.07) is 11.6. The second-order valence-electron chi connectivity index (χ2n) is 6.63. The predicted molar refractivity (Wildman–Crippen MR) is 116 cm³/mol. The molecule has 0 saturated heterocycles. The van der Waals surface area contributed by atoms with E-state index in [0.717, 1.165) is 12.8 Å². The third-order valence-electron chi connectivity index (χ3n) is 4.52. The summed E-state index contributed by atoms with van der Waals surface area (Å²) in [7, 11) is 1.38. The van der Waals surface area contributed by atoms with Crippen LogP contribution in [0.5, 0.6) is 11.5 Å². The van der Waals surface area contributed by atoms with E-state index in [0.29, 0.717) is 23.1 Å².